The molecule has 0 fully saturated rings. The van der Waals surface area contributed by atoms with E-state index >= 15 is 0 Å². The second kappa shape index (κ2) is 6.08. The summed E-state index contributed by atoms with van der Waals surface area (Å²) in [6.45, 7) is 0. The Morgan fingerprint density at radius 3 is 2.19 bits per heavy atom. The van der Waals surface area contributed by atoms with Gasteiger partial charge in [-0.2, -0.15) is 15.0 Å². The van der Waals surface area contributed by atoms with E-state index in [4.69, 9.17) is 23.2 Å². The summed E-state index contributed by atoms with van der Waals surface area (Å²) in [6.07, 6.45) is 0. The van der Waals surface area contributed by atoms with Crippen LogP contribution in [-0.2, 0) is 0 Å². The Morgan fingerprint density at radius 2 is 1.48 bits per heavy atom. The van der Waals surface area contributed by atoms with E-state index in [1.807, 2.05) is 42.5 Å². The first-order valence-electron chi connectivity index (χ1n) is 6.20. The Balaban J connectivity index is 1.94. The molecule has 104 valence electrons. The minimum Gasteiger partial charge on any atom is -0.324 e. The van der Waals surface area contributed by atoms with E-state index in [0.717, 1.165) is 11.3 Å². The molecule has 0 atom stereocenters. The molecule has 0 aliphatic rings. The summed E-state index contributed by atoms with van der Waals surface area (Å²) in [7, 11) is 0. The molecule has 1 aromatic heterocycles. The number of aromatic nitrogens is 3. The minimum atomic E-state index is 0.133. The van der Waals surface area contributed by atoms with Crippen LogP contribution in [0.1, 0.15) is 0 Å². The van der Waals surface area contributed by atoms with E-state index in [9.17, 15) is 0 Å². The maximum Gasteiger partial charge on any atom is 0.232 e. The summed E-state index contributed by atoms with van der Waals surface area (Å²) in [4.78, 5) is 12.6. The van der Waals surface area contributed by atoms with Crippen molar-refractivity contribution in [3.05, 3.63) is 64.9 Å². The Bertz CT molecular complexity index is 745. The molecule has 0 aliphatic carbocycles. The van der Waals surface area contributed by atoms with Crippen LogP contribution in [0.2, 0.25) is 10.3 Å². The molecule has 0 amide bonds. The van der Waals surface area contributed by atoms with Crippen molar-refractivity contribution in [3.63, 3.8) is 0 Å². The lowest BCUT2D eigenvalue weighted by atomic mass is 10.2. The summed E-state index contributed by atoms with van der Waals surface area (Å²) in [6, 6.07) is 16.8. The maximum atomic E-state index is 5.97. The molecule has 4 nitrogen and oxygen atoms in total. The lowest BCUT2D eigenvalue weighted by molar-refractivity contribution is 1.06. The zero-order valence-electron chi connectivity index (χ0n) is 10.8. The van der Waals surface area contributed by atoms with Gasteiger partial charge < -0.3 is 5.32 Å². The average Bonchev–Trinajstić information content (AvgIpc) is 2.48. The second-order valence-corrected chi connectivity index (χ2v) is 5.02. The van der Waals surface area contributed by atoms with E-state index in [-0.39, 0.29) is 5.28 Å². The van der Waals surface area contributed by atoms with Crippen LogP contribution in [-0.4, -0.2) is 15.0 Å². The number of hydrogen-bond acceptors (Lipinski definition) is 4. The number of rotatable bonds is 3. The monoisotopic (exact) mass is 316 g/mol. The highest BCUT2D eigenvalue weighted by atomic mass is 35.5. The van der Waals surface area contributed by atoms with E-state index in [1.165, 1.54) is 0 Å². The molecule has 0 saturated heterocycles. The van der Waals surface area contributed by atoms with Crippen molar-refractivity contribution in [1.82, 2.24) is 15.0 Å². The summed E-state index contributed by atoms with van der Waals surface area (Å²) >= 11 is 11.8. The van der Waals surface area contributed by atoms with Crippen LogP contribution >= 0.6 is 23.2 Å². The van der Waals surface area contributed by atoms with Crippen molar-refractivity contribution in [3.8, 4) is 11.4 Å². The Hall–Kier alpha value is -2.17. The Morgan fingerprint density at radius 1 is 0.762 bits per heavy atom. The summed E-state index contributed by atoms with van der Waals surface area (Å²) in [5, 5.41) is 3.88. The van der Waals surface area contributed by atoms with E-state index in [1.54, 1.807) is 12.1 Å². The third-order valence-corrected chi connectivity index (χ3v) is 3.16. The van der Waals surface area contributed by atoms with Crippen LogP contribution in [0, 0.1) is 0 Å². The average molecular weight is 317 g/mol. The predicted octanol–water partition coefficient (Wildman–Crippen LogP) is 4.59. The lowest BCUT2D eigenvalue weighted by Gasteiger charge is -2.07. The van der Waals surface area contributed by atoms with Crippen molar-refractivity contribution in [2.45, 2.75) is 0 Å². The molecule has 0 spiro atoms. The van der Waals surface area contributed by atoms with Gasteiger partial charge in [0.2, 0.25) is 11.2 Å². The SMILES string of the molecule is Clc1ccc(-c2nc(Cl)nc(Nc3ccccc3)n2)cc1. The van der Waals surface area contributed by atoms with Gasteiger partial charge in [-0.3, -0.25) is 0 Å². The molecule has 0 bridgehead atoms. The number of hydrogen-bond donors (Lipinski definition) is 1. The zero-order valence-corrected chi connectivity index (χ0v) is 12.3. The minimum absolute atomic E-state index is 0.133. The lowest BCUT2D eigenvalue weighted by Crippen LogP contribution is -2.01. The first kappa shape index (κ1) is 13.8. The van der Waals surface area contributed by atoms with Crippen molar-refractivity contribution < 1.29 is 0 Å². The third kappa shape index (κ3) is 3.48. The number of anilines is 2. The van der Waals surface area contributed by atoms with Crippen LogP contribution < -0.4 is 5.32 Å². The van der Waals surface area contributed by atoms with Gasteiger partial charge in [0.15, 0.2) is 5.82 Å². The van der Waals surface area contributed by atoms with Gasteiger partial charge in [-0.05, 0) is 48.0 Å². The fraction of sp³-hybridized carbons (Fsp3) is 0. The van der Waals surface area contributed by atoms with Gasteiger partial charge in [0, 0.05) is 16.3 Å². The number of halogens is 2. The summed E-state index contributed by atoms with van der Waals surface area (Å²) in [5.41, 5.74) is 1.70. The molecule has 0 aliphatic heterocycles. The molecule has 21 heavy (non-hydrogen) atoms. The zero-order chi connectivity index (χ0) is 14.7. The Kier molecular flexibility index (Phi) is 3.99. The van der Waals surface area contributed by atoms with Gasteiger partial charge in [-0.25, -0.2) is 0 Å². The number of nitrogens with zero attached hydrogens (tertiary/aromatic N) is 3. The van der Waals surface area contributed by atoms with Gasteiger partial charge in [-0.1, -0.05) is 29.8 Å². The van der Waals surface area contributed by atoms with E-state index < -0.39 is 0 Å². The van der Waals surface area contributed by atoms with Crippen LogP contribution in [0.4, 0.5) is 11.6 Å². The van der Waals surface area contributed by atoms with Gasteiger partial charge >= 0.3 is 0 Å². The quantitative estimate of drug-likeness (QED) is 0.767. The second-order valence-electron chi connectivity index (χ2n) is 4.25. The third-order valence-electron chi connectivity index (χ3n) is 2.74. The number of para-hydroxylation sites is 1. The molecular weight excluding hydrogens is 307 g/mol. The fourth-order valence-electron chi connectivity index (χ4n) is 1.78. The Labute approximate surface area is 131 Å². The first-order chi connectivity index (χ1) is 10.2. The fourth-order valence-corrected chi connectivity index (χ4v) is 2.07. The van der Waals surface area contributed by atoms with Gasteiger partial charge in [-0.15, -0.1) is 0 Å². The number of benzene rings is 2. The normalized spacial score (nSPS) is 10.4. The highest BCUT2D eigenvalue weighted by molar-refractivity contribution is 6.30. The molecular formula is C15H10Cl2N4. The predicted molar refractivity (Wildman–Crippen MR) is 85.0 cm³/mol. The largest absolute Gasteiger partial charge is 0.324 e. The molecule has 0 saturated carbocycles. The standard InChI is InChI=1S/C15H10Cl2N4/c16-11-8-6-10(7-9-11)13-19-14(17)21-15(20-13)18-12-4-2-1-3-5-12/h1-9H,(H,18,19,20,21). The molecule has 6 heteroatoms. The van der Waals surface area contributed by atoms with Crippen LogP contribution in [0.3, 0.4) is 0 Å². The van der Waals surface area contributed by atoms with Gasteiger partial charge in [0.1, 0.15) is 0 Å². The van der Waals surface area contributed by atoms with Crippen molar-refractivity contribution in [1.29, 1.82) is 0 Å². The summed E-state index contributed by atoms with van der Waals surface area (Å²) < 4.78 is 0. The van der Waals surface area contributed by atoms with Crippen molar-refractivity contribution >= 4 is 34.8 Å². The van der Waals surface area contributed by atoms with E-state index in [0.29, 0.717) is 16.8 Å². The molecule has 0 unspecified atom stereocenters. The molecule has 1 heterocycles. The molecule has 1 N–H and O–H groups in total. The molecule has 2 aromatic carbocycles. The summed E-state index contributed by atoms with van der Waals surface area (Å²) in [5.74, 6) is 0.885. The van der Waals surface area contributed by atoms with E-state index in [2.05, 4.69) is 20.3 Å². The topological polar surface area (TPSA) is 50.7 Å². The van der Waals surface area contributed by atoms with Gasteiger partial charge in [0.05, 0.1) is 0 Å². The van der Waals surface area contributed by atoms with Crippen molar-refractivity contribution in [2.75, 3.05) is 5.32 Å². The van der Waals surface area contributed by atoms with Crippen molar-refractivity contribution in [2.24, 2.45) is 0 Å². The van der Waals surface area contributed by atoms with Crippen LogP contribution in [0.5, 0.6) is 0 Å². The molecule has 3 aromatic rings. The molecule has 3 rings (SSSR count). The molecule has 0 radical (unpaired) electrons. The van der Waals surface area contributed by atoms with Gasteiger partial charge in [0.25, 0.3) is 0 Å². The highest BCUT2D eigenvalue weighted by Crippen LogP contribution is 2.21. The first-order valence-corrected chi connectivity index (χ1v) is 6.96. The van der Waals surface area contributed by atoms with Crippen LogP contribution in [0.15, 0.2) is 54.6 Å². The maximum absolute atomic E-state index is 5.97. The smallest absolute Gasteiger partial charge is 0.232 e. The van der Waals surface area contributed by atoms with Crippen LogP contribution in [0.25, 0.3) is 11.4 Å². The highest BCUT2D eigenvalue weighted by Gasteiger charge is 2.07. The number of nitrogens with one attached hydrogen (secondary N) is 1.